The van der Waals surface area contributed by atoms with Crippen LogP contribution in [0, 0.1) is 0 Å². The number of carbonyl (C=O) groups is 2. The summed E-state index contributed by atoms with van der Waals surface area (Å²) in [5.41, 5.74) is -2.03. The molecule has 7 nitrogen and oxygen atoms in total. The van der Waals surface area contributed by atoms with E-state index in [0.29, 0.717) is 40.0 Å². The number of methoxy groups -OCH3 is 2. The van der Waals surface area contributed by atoms with Gasteiger partial charge in [-0.25, -0.2) is 9.59 Å². The molecule has 0 radical (unpaired) electrons. The van der Waals surface area contributed by atoms with Crippen LogP contribution in [-0.4, -0.2) is 44.0 Å². The molecule has 0 unspecified atom stereocenters. The predicted octanol–water partition coefficient (Wildman–Crippen LogP) is 7.69. The van der Waals surface area contributed by atoms with Crippen molar-refractivity contribution in [3.63, 3.8) is 0 Å². The maximum absolute atomic E-state index is 13.5. The molecule has 2 atom stereocenters. The van der Waals surface area contributed by atoms with Gasteiger partial charge in [0.2, 0.25) is 0 Å². The molecule has 2 aromatic carbocycles. The Morgan fingerprint density at radius 3 is 2.10 bits per heavy atom. The summed E-state index contributed by atoms with van der Waals surface area (Å²) in [6.45, 7) is 2.77. The second kappa shape index (κ2) is 12.1. The Labute approximate surface area is 235 Å². The number of amides is 2. The molecular formula is C26H27BrF6N2O5. The van der Waals surface area contributed by atoms with E-state index < -0.39 is 59.9 Å². The van der Waals surface area contributed by atoms with Crippen molar-refractivity contribution in [1.29, 1.82) is 0 Å². The molecule has 40 heavy (non-hydrogen) atoms. The quantitative estimate of drug-likeness (QED) is 0.239. The van der Waals surface area contributed by atoms with E-state index in [1.807, 2.05) is 0 Å². The van der Waals surface area contributed by atoms with Crippen LogP contribution < -0.4 is 9.64 Å². The first-order valence-corrected chi connectivity index (χ1v) is 13.1. The fraction of sp³-hybridized carbons (Fsp3) is 0.462. The van der Waals surface area contributed by atoms with Crippen LogP contribution >= 0.6 is 15.9 Å². The minimum Gasteiger partial charge on any atom is -0.496 e. The zero-order valence-corrected chi connectivity index (χ0v) is 23.5. The van der Waals surface area contributed by atoms with Crippen LogP contribution in [-0.2, 0) is 33.7 Å². The molecule has 2 aromatic rings. The number of anilines is 1. The first kappa shape index (κ1) is 31.4. The van der Waals surface area contributed by atoms with Crippen LogP contribution in [0.1, 0.15) is 54.1 Å². The molecule has 1 aliphatic rings. The minimum atomic E-state index is -5.06. The fourth-order valence-corrected chi connectivity index (χ4v) is 5.12. The highest BCUT2D eigenvalue weighted by molar-refractivity contribution is 9.08. The summed E-state index contributed by atoms with van der Waals surface area (Å²) in [6.07, 6.45) is -11.7. The van der Waals surface area contributed by atoms with Gasteiger partial charge in [0.1, 0.15) is 5.75 Å². The van der Waals surface area contributed by atoms with Crippen LogP contribution in [0.25, 0.3) is 0 Å². The summed E-state index contributed by atoms with van der Waals surface area (Å²) in [5.74, 6) is 0.391. The van der Waals surface area contributed by atoms with E-state index in [4.69, 9.17) is 14.2 Å². The lowest BCUT2D eigenvalue weighted by atomic mass is 9.89. The van der Waals surface area contributed by atoms with Gasteiger partial charge in [-0.1, -0.05) is 15.9 Å². The molecule has 0 aromatic heterocycles. The SMILES string of the molecule is CCOC(=O)N1c2cc(CBr)c(OC)cc2[C@@H](N(Cc2cc(C(F)(F)F)cc(C(F)(F)F)c2)C(=O)OC)C[C@H]1C. The van der Waals surface area contributed by atoms with Gasteiger partial charge in [-0.05, 0) is 56.2 Å². The lowest BCUT2D eigenvalue weighted by Gasteiger charge is -2.43. The standard InChI is InChI=1S/C26H27BrF6N2O5/c1-5-40-24(37)35-14(2)6-20(19-11-22(38-3)16(12-27)9-21(19)35)34(23(36)39-4)13-15-7-17(25(28,29)30)10-18(8-15)26(31,32)33/h7-11,14,20H,5-6,12-13H2,1-4H3/t14-,20+/m1/s1. The van der Waals surface area contributed by atoms with Crippen LogP contribution in [0.15, 0.2) is 30.3 Å². The summed E-state index contributed by atoms with van der Waals surface area (Å²) >= 11 is 3.37. The Hall–Kier alpha value is -3.16. The Morgan fingerprint density at radius 2 is 1.62 bits per heavy atom. The van der Waals surface area contributed by atoms with E-state index in [0.717, 1.165) is 12.0 Å². The number of hydrogen-bond acceptors (Lipinski definition) is 5. The second-order valence-electron chi connectivity index (χ2n) is 9.04. The zero-order valence-electron chi connectivity index (χ0n) is 22.0. The van der Waals surface area contributed by atoms with Crippen molar-refractivity contribution in [1.82, 2.24) is 4.90 Å². The van der Waals surface area contributed by atoms with Crippen LogP contribution in [0.4, 0.5) is 41.6 Å². The molecule has 0 saturated carbocycles. The number of alkyl halides is 7. The van der Waals surface area contributed by atoms with E-state index in [-0.39, 0.29) is 19.1 Å². The van der Waals surface area contributed by atoms with Crippen molar-refractivity contribution in [2.45, 2.75) is 56.6 Å². The molecule has 0 fully saturated rings. The smallest absolute Gasteiger partial charge is 0.416 e. The van der Waals surface area contributed by atoms with Gasteiger partial charge in [0.05, 0.1) is 43.7 Å². The van der Waals surface area contributed by atoms with E-state index in [1.165, 1.54) is 12.0 Å². The molecule has 14 heteroatoms. The van der Waals surface area contributed by atoms with Crippen molar-refractivity contribution in [2.24, 2.45) is 0 Å². The third-order valence-corrected chi connectivity index (χ3v) is 7.05. The molecule has 0 aliphatic carbocycles. The van der Waals surface area contributed by atoms with Gasteiger partial charge in [-0.15, -0.1) is 0 Å². The molecule has 0 saturated heterocycles. The number of hydrogen-bond donors (Lipinski definition) is 0. The topological polar surface area (TPSA) is 68.3 Å². The van der Waals surface area contributed by atoms with Crippen molar-refractivity contribution in [3.05, 3.63) is 58.1 Å². The third-order valence-electron chi connectivity index (χ3n) is 6.45. The average Bonchev–Trinajstić information content (AvgIpc) is 2.89. The van der Waals surface area contributed by atoms with Crippen molar-refractivity contribution in [2.75, 3.05) is 25.7 Å². The summed E-state index contributed by atoms with van der Waals surface area (Å²) in [5, 5.41) is 0.338. The van der Waals surface area contributed by atoms with E-state index >= 15 is 0 Å². The minimum absolute atomic E-state index is 0.0217. The van der Waals surface area contributed by atoms with Gasteiger partial charge in [-0.3, -0.25) is 9.80 Å². The first-order valence-electron chi connectivity index (χ1n) is 12.0. The summed E-state index contributed by atoms with van der Waals surface area (Å²) < 4.78 is 96.6. The van der Waals surface area contributed by atoms with Crippen molar-refractivity contribution < 1.29 is 50.1 Å². The Balaban J connectivity index is 2.20. The molecule has 2 amide bonds. The summed E-state index contributed by atoms with van der Waals surface area (Å²) in [4.78, 5) is 28.3. The molecule has 1 heterocycles. The number of rotatable bonds is 6. The Bertz CT molecular complexity index is 1220. The van der Waals surface area contributed by atoms with Gasteiger partial charge in [-0.2, -0.15) is 26.3 Å². The Morgan fingerprint density at radius 1 is 1.02 bits per heavy atom. The number of halogens is 7. The first-order chi connectivity index (χ1) is 18.7. The fourth-order valence-electron chi connectivity index (χ4n) is 4.68. The van der Waals surface area contributed by atoms with Crippen molar-refractivity contribution >= 4 is 33.8 Å². The highest BCUT2D eigenvalue weighted by atomic mass is 79.9. The molecule has 1 aliphatic heterocycles. The summed E-state index contributed by atoms with van der Waals surface area (Å²) in [6, 6.07) is 2.91. The van der Waals surface area contributed by atoms with E-state index in [1.54, 1.807) is 26.0 Å². The van der Waals surface area contributed by atoms with Gasteiger partial charge in [0, 0.05) is 29.0 Å². The third kappa shape index (κ3) is 6.58. The monoisotopic (exact) mass is 640 g/mol. The lowest BCUT2D eigenvalue weighted by Crippen LogP contribution is -2.47. The number of ether oxygens (including phenoxy) is 3. The molecule has 0 N–H and O–H groups in total. The number of fused-ring (bicyclic) bond motifs is 1. The second-order valence-corrected chi connectivity index (χ2v) is 9.60. The molecule has 0 bridgehead atoms. The average molecular weight is 641 g/mol. The highest BCUT2D eigenvalue weighted by Crippen LogP contribution is 2.45. The molecule has 220 valence electrons. The van der Waals surface area contributed by atoms with Crippen molar-refractivity contribution in [3.8, 4) is 5.75 Å². The summed E-state index contributed by atoms with van der Waals surface area (Å²) in [7, 11) is 2.46. The Kier molecular flexibility index (Phi) is 9.53. The van der Waals surface area contributed by atoms with E-state index in [2.05, 4.69) is 15.9 Å². The normalized spacial score (nSPS) is 17.2. The highest BCUT2D eigenvalue weighted by Gasteiger charge is 2.41. The van der Waals surface area contributed by atoms with Gasteiger partial charge in [0.15, 0.2) is 0 Å². The predicted molar refractivity (Wildman–Crippen MR) is 136 cm³/mol. The maximum Gasteiger partial charge on any atom is 0.416 e. The zero-order chi connectivity index (χ0) is 30.0. The largest absolute Gasteiger partial charge is 0.496 e. The van der Waals surface area contributed by atoms with Gasteiger partial charge in [0.25, 0.3) is 0 Å². The number of nitrogens with zero attached hydrogens (tertiary/aromatic N) is 2. The maximum atomic E-state index is 13.5. The van der Waals surface area contributed by atoms with Crippen LogP contribution in [0.2, 0.25) is 0 Å². The van der Waals surface area contributed by atoms with Gasteiger partial charge < -0.3 is 14.2 Å². The number of benzene rings is 2. The number of carbonyl (C=O) groups excluding carboxylic acids is 2. The van der Waals surface area contributed by atoms with Gasteiger partial charge >= 0.3 is 24.5 Å². The van der Waals surface area contributed by atoms with E-state index in [9.17, 15) is 35.9 Å². The molecular weight excluding hydrogens is 614 g/mol. The van der Waals surface area contributed by atoms with Crippen LogP contribution in [0.3, 0.4) is 0 Å². The molecule has 3 rings (SSSR count). The van der Waals surface area contributed by atoms with Crippen LogP contribution in [0.5, 0.6) is 5.75 Å². The molecule has 0 spiro atoms. The lowest BCUT2D eigenvalue weighted by molar-refractivity contribution is -0.143.